The molecular weight excluding hydrogens is 438 g/mol. The number of nitrogens with one attached hydrogen (secondary N) is 3. The van der Waals surface area contributed by atoms with Gasteiger partial charge >= 0.3 is 0 Å². The molecule has 3 N–H and O–H groups in total. The largest absolute Gasteiger partial charge is 0.387 e. The fourth-order valence-electron chi connectivity index (χ4n) is 3.86. The molecule has 1 rings (SSSR count). The highest BCUT2D eigenvalue weighted by atomic mass is 32.2. The molecule has 1 fully saturated rings. The molecule has 1 aliphatic rings. The van der Waals surface area contributed by atoms with E-state index in [-0.39, 0.29) is 0 Å². The van der Waals surface area contributed by atoms with Crippen molar-refractivity contribution in [3.8, 4) is 0 Å². The van der Waals surface area contributed by atoms with Crippen LogP contribution in [-0.2, 0) is 19.0 Å². The monoisotopic (exact) mass is 485 g/mol. The van der Waals surface area contributed by atoms with Crippen molar-refractivity contribution in [2.24, 2.45) is 0 Å². The molecule has 7 nitrogen and oxygen atoms in total. The third-order valence-electron chi connectivity index (χ3n) is 5.66. The molecule has 1 aliphatic heterocycles. The lowest BCUT2D eigenvalue weighted by atomic mass is 10.0. The van der Waals surface area contributed by atoms with E-state index in [0.717, 1.165) is 63.2 Å². The lowest BCUT2D eigenvalue weighted by Gasteiger charge is -2.23. The molecule has 0 spiro atoms. The summed E-state index contributed by atoms with van der Waals surface area (Å²) in [5.41, 5.74) is 1.11. The molecule has 1 heterocycles. The van der Waals surface area contributed by atoms with Crippen LogP contribution < -0.4 is 16.0 Å². The standard InChI is InChI=1S/C25H47N3O4S/c1-4-27-23-21-33-24(25(23)26-3)12-7-6-11-22(2)28-13-18-30-15-8-5-9-16-31-19-20-32-17-10-14-29/h4,14,23-28H,1-2,5-13,15-21H2,3H3. The fraction of sp³-hybridized carbons (Fsp3) is 0.800. The first-order valence-electron chi connectivity index (χ1n) is 12.5. The Hall–Kier alpha value is -1.06. The summed E-state index contributed by atoms with van der Waals surface area (Å²) in [5.74, 6) is 1.14. The summed E-state index contributed by atoms with van der Waals surface area (Å²) in [5, 5.41) is 10.9. The van der Waals surface area contributed by atoms with Crippen LogP contribution in [0.15, 0.2) is 25.1 Å². The van der Waals surface area contributed by atoms with E-state index in [1.165, 1.54) is 19.3 Å². The molecule has 0 bridgehead atoms. The number of thioether (sulfide) groups is 1. The summed E-state index contributed by atoms with van der Waals surface area (Å²) in [6.45, 7) is 12.7. The van der Waals surface area contributed by atoms with Crippen LogP contribution in [0.25, 0.3) is 0 Å². The number of aldehydes is 1. The SMILES string of the molecule is C=CNC1CSC(CCCCC(=C)NCCOCCCCCOCCOCCC=O)C1NC. The molecule has 0 aliphatic carbocycles. The number of carbonyl (C=O) groups excluding carboxylic acids is 1. The zero-order valence-electron chi connectivity index (χ0n) is 20.7. The number of ether oxygens (including phenoxy) is 3. The van der Waals surface area contributed by atoms with Crippen LogP contribution in [-0.4, -0.2) is 82.6 Å². The van der Waals surface area contributed by atoms with Gasteiger partial charge in [0, 0.05) is 48.9 Å². The quantitative estimate of drug-likeness (QED) is 0.142. The van der Waals surface area contributed by atoms with Gasteiger partial charge in [0.2, 0.25) is 0 Å². The van der Waals surface area contributed by atoms with E-state index in [2.05, 4.69) is 47.9 Å². The highest BCUT2D eigenvalue weighted by Gasteiger charge is 2.34. The van der Waals surface area contributed by atoms with Gasteiger partial charge in [0.25, 0.3) is 0 Å². The molecule has 1 saturated heterocycles. The van der Waals surface area contributed by atoms with E-state index in [0.29, 0.717) is 50.2 Å². The zero-order chi connectivity index (χ0) is 24.0. The van der Waals surface area contributed by atoms with Gasteiger partial charge in [-0.1, -0.05) is 19.6 Å². The molecule has 33 heavy (non-hydrogen) atoms. The zero-order valence-corrected chi connectivity index (χ0v) is 21.5. The Labute approximate surface area is 205 Å². The Bertz CT molecular complexity index is 510. The van der Waals surface area contributed by atoms with Gasteiger partial charge < -0.3 is 35.0 Å². The molecule has 0 aromatic heterocycles. The Balaban J connectivity index is 1.84. The minimum absolute atomic E-state index is 0.455. The smallest absolute Gasteiger partial charge is 0.122 e. The number of hydrogen-bond acceptors (Lipinski definition) is 8. The maximum atomic E-state index is 10.1. The summed E-state index contributed by atoms with van der Waals surface area (Å²) in [4.78, 5) is 10.1. The van der Waals surface area contributed by atoms with Crippen molar-refractivity contribution in [2.45, 2.75) is 68.7 Å². The number of likely N-dealkylation sites (N-methyl/N-ethyl adjacent to an activating group) is 1. The number of allylic oxidation sites excluding steroid dienone is 1. The van der Waals surface area contributed by atoms with Gasteiger partial charge in [0.15, 0.2) is 0 Å². The van der Waals surface area contributed by atoms with Crippen molar-refractivity contribution in [3.63, 3.8) is 0 Å². The lowest BCUT2D eigenvalue weighted by Crippen LogP contribution is -2.46. The highest BCUT2D eigenvalue weighted by molar-refractivity contribution is 8.00. The van der Waals surface area contributed by atoms with Gasteiger partial charge in [-0.3, -0.25) is 0 Å². The van der Waals surface area contributed by atoms with Gasteiger partial charge in [-0.25, -0.2) is 0 Å². The molecule has 0 aromatic carbocycles. The van der Waals surface area contributed by atoms with Crippen molar-refractivity contribution in [1.29, 1.82) is 0 Å². The average molecular weight is 486 g/mol. The second-order valence-corrected chi connectivity index (χ2v) is 9.56. The van der Waals surface area contributed by atoms with Crippen molar-refractivity contribution < 1.29 is 19.0 Å². The number of unbranched alkanes of at least 4 members (excludes halogenated alkanes) is 3. The average Bonchev–Trinajstić information content (AvgIpc) is 3.21. The molecule has 8 heteroatoms. The second-order valence-electron chi connectivity index (χ2n) is 8.29. The van der Waals surface area contributed by atoms with Gasteiger partial charge in [-0.15, -0.1) is 0 Å². The Morgan fingerprint density at radius 1 is 1.00 bits per heavy atom. The highest BCUT2D eigenvalue weighted by Crippen LogP contribution is 2.31. The summed E-state index contributed by atoms with van der Waals surface area (Å²) in [6.07, 6.45) is 11.0. The maximum absolute atomic E-state index is 10.1. The van der Waals surface area contributed by atoms with Crippen LogP contribution >= 0.6 is 11.8 Å². The molecular formula is C25H47N3O4S. The predicted octanol–water partition coefficient (Wildman–Crippen LogP) is 3.26. The predicted molar refractivity (Wildman–Crippen MR) is 139 cm³/mol. The van der Waals surface area contributed by atoms with Crippen LogP contribution in [0.2, 0.25) is 0 Å². The summed E-state index contributed by atoms with van der Waals surface area (Å²) < 4.78 is 16.4. The summed E-state index contributed by atoms with van der Waals surface area (Å²) in [7, 11) is 2.06. The van der Waals surface area contributed by atoms with Crippen molar-refractivity contribution in [2.75, 3.05) is 59.0 Å². The van der Waals surface area contributed by atoms with E-state index >= 15 is 0 Å². The van der Waals surface area contributed by atoms with E-state index in [1.807, 2.05) is 6.20 Å². The third-order valence-corrected chi connectivity index (χ3v) is 7.17. The molecule has 192 valence electrons. The number of carbonyl (C=O) groups is 1. The van der Waals surface area contributed by atoms with E-state index in [4.69, 9.17) is 14.2 Å². The van der Waals surface area contributed by atoms with Crippen LogP contribution in [0.5, 0.6) is 0 Å². The minimum atomic E-state index is 0.455. The van der Waals surface area contributed by atoms with E-state index in [1.54, 1.807) is 0 Å². The Morgan fingerprint density at radius 3 is 2.42 bits per heavy atom. The van der Waals surface area contributed by atoms with Gasteiger partial charge in [0.1, 0.15) is 6.29 Å². The van der Waals surface area contributed by atoms with E-state index < -0.39 is 0 Å². The minimum Gasteiger partial charge on any atom is -0.387 e. The van der Waals surface area contributed by atoms with Crippen molar-refractivity contribution >= 4 is 18.0 Å². The maximum Gasteiger partial charge on any atom is 0.122 e. The Morgan fingerprint density at radius 2 is 1.73 bits per heavy atom. The molecule has 0 saturated carbocycles. The summed E-state index contributed by atoms with van der Waals surface area (Å²) >= 11 is 2.07. The molecule has 0 radical (unpaired) electrons. The van der Waals surface area contributed by atoms with Crippen molar-refractivity contribution in [1.82, 2.24) is 16.0 Å². The van der Waals surface area contributed by atoms with Gasteiger partial charge in [0.05, 0.1) is 32.5 Å². The van der Waals surface area contributed by atoms with Crippen LogP contribution in [0, 0.1) is 0 Å². The van der Waals surface area contributed by atoms with E-state index in [9.17, 15) is 4.79 Å². The molecule has 0 aromatic rings. The van der Waals surface area contributed by atoms with Crippen LogP contribution in [0.3, 0.4) is 0 Å². The first-order valence-corrected chi connectivity index (χ1v) is 13.5. The first kappa shape index (κ1) is 30.0. The van der Waals surface area contributed by atoms with Gasteiger partial charge in [-0.2, -0.15) is 11.8 Å². The number of rotatable bonds is 24. The summed E-state index contributed by atoms with van der Waals surface area (Å²) in [6, 6.07) is 0.997. The Kier molecular flexibility index (Phi) is 19.5. The van der Waals surface area contributed by atoms with Crippen LogP contribution in [0.1, 0.15) is 51.4 Å². The lowest BCUT2D eigenvalue weighted by molar-refractivity contribution is -0.108. The number of hydrogen-bond donors (Lipinski definition) is 3. The fourth-order valence-corrected chi connectivity index (χ4v) is 5.48. The third kappa shape index (κ3) is 15.5. The normalized spacial score (nSPS) is 20.0. The van der Waals surface area contributed by atoms with Crippen molar-refractivity contribution in [3.05, 3.63) is 25.1 Å². The molecule has 0 amide bonds. The molecule has 3 atom stereocenters. The topological polar surface area (TPSA) is 80.8 Å². The van der Waals surface area contributed by atoms with Gasteiger partial charge in [-0.05, 0) is 51.8 Å². The molecule has 3 unspecified atom stereocenters. The van der Waals surface area contributed by atoms with Crippen LogP contribution in [0.4, 0.5) is 0 Å². The second kappa shape index (κ2) is 21.5. The first-order chi connectivity index (χ1) is 16.2.